The van der Waals surface area contributed by atoms with E-state index in [0.717, 1.165) is 13.3 Å². The summed E-state index contributed by atoms with van der Waals surface area (Å²) in [6.07, 6.45) is -3.89. The molecule has 0 aromatic carbocycles. The van der Waals surface area contributed by atoms with Crippen LogP contribution >= 0.6 is 11.6 Å². The zero-order chi connectivity index (χ0) is 12.3. The second-order valence-electron chi connectivity index (χ2n) is 2.65. The van der Waals surface area contributed by atoms with Crippen molar-refractivity contribution in [3.63, 3.8) is 0 Å². The molecule has 0 aliphatic rings. The zero-order valence-electron chi connectivity index (χ0n) is 8.01. The lowest BCUT2D eigenvalue weighted by Crippen LogP contribution is -2.18. The van der Waals surface area contributed by atoms with E-state index in [1.807, 2.05) is 0 Å². The molecule has 1 aromatic rings. The Morgan fingerprint density at radius 3 is 2.56 bits per heavy atom. The van der Waals surface area contributed by atoms with Crippen LogP contribution in [0.2, 0.25) is 0 Å². The van der Waals surface area contributed by atoms with Crippen molar-refractivity contribution in [2.75, 3.05) is 7.11 Å². The number of aromatic nitrogens is 1. The van der Waals surface area contributed by atoms with Gasteiger partial charge in [0, 0.05) is 11.8 Å². The zero-order valence-corrected chi connectivity index (χ0v) is 8.76. The summed E-state index contributed by atoms with van der Waals surface area (Å²) in [6, 6.07) is 0. The third kappa shape index (κ3) is 2.82. The van der Waals surface area contributed by atoms with E-state index in [9.17, 15) is 18.3 Å². The van der Waals surface area contributed by atoms with Crippen LogP contribution in [0.5, 0.6) is 17.4 Å². The number of hydrogen-bond donors (Lipinski definition) is 1. The molecule has 0 aliphatic heterocycles. The summed E-state index contributed by atoms with van der Waals surface area (Å²) >= 11 is 5.39. The molecule has 1 aromatic heterocycles. The molecule has 90 valence electrons. The van der Waals surface area contributed by atoms with Crippen LogP contribution in [0.3, 0.4) is 0 Å². The van der Waals surface area contributed by atoms with Gasteiger partial charge in [0.25, 0.3) is 5.88 Å². The molecule has 4 nitrogen and oxygen atoms in total. The topological polar surface area (TPSA) is 51.6 Å². The minimum absolute atomic E-state index is 0.0858. The number of alkyl halides is 4. The quantitative estimate of drug-likeness (QED) is 0.845. The minimum atomic E-state index is -4.93. The first-order valence-electron chi connectivity index (χ1n) is 3.95. The Morgan fingerprint density at radius 1 is 1.50 bits per heavy atom. The Hall–Kier alpha value is -1.37. The number of aromatic hydroxyl groups is 1. The summed E-state index contributed by atoms with van der Waals surface area (Å²) in [5.41, 5.74) is -0.0858. The average Bonchev–Trinajstić information content (AvgIpc) is 2.19. The highest BCUT2D eigenvalue weighted by Gasteiger charge is 2.34. The first-order valence-corrected chi connectivity index (χ1v) is 4.49. The van der Waals surface area contributed by atoms with Gasteiger partial charge in [0.2, 0.25) is 5.75 Å². The third-order valence-electron chi connectivity index (χ3n) is 1.60. The van der Waals surface area contributed by atoms with Gasteiger partial charge in [-0.15, -0.1) is 24.8 Å². The summed E-state index contributed by atoms with van der Waals surface area (Å²) in [4.78, 5) is 3.55. The monoisotopic (exact) mass is 257 g/mol. The Morgan fingerprint density at radius 2 is 2.12 bits per heavy atom. The normalized spacial score (nSPS) is 11.3. The van der Waals surface area contributed by atoms with Crippen molar-refractivity contribution in [2.45, 2.75) is 12.2 Å². The second-order valence-corrected chi connectivity index (χ2v) is 2.92. The van der Waals surface area contributed by atoms with Gasteiger partial charge in [-0.1, -0.05) is 0 Å². The van der Waals surface area contributed by atoms with Gasteiger partial charge in [0.15, 0.2) is 5.75 Å². The number of pyridine rings is 1. The predicted octanol–water partition coefficient (Wildman–Crippen LogP) is 2.43. The van der Waals surface area contributed by atoms with Crippen molar-refractivity contribution in [2.24, 2.45) is 0 Å². The van der Waals surface area contributed by atoms with E-state index in [2.05, 4.69) is 14.5 Å². The molecule has 0 radical (unpaired) electrons. The fourth-order valence-electron chi connectivity index (χ4n) is 0.980. The summed E-state index contributed by atoms with van der Waals surface area (Å²) in [7, 11) is 1.15. The molecule has 0 unspecified atom stereocenters. The summed E-state index contributed by atoms with van der Waals surface area (Å²) in [6.45, 7) is 0. The van der Waals surface area contributed by atoms with E-state index >= 15 is 0 Å². The van der Waals surface area contributed by atoms with Crippen LogP contribution in [0.25, 0.3) is 0 Å². The van der Waals surface area contributed by atoms with Crippen molar-refractivity contribution >= 4 is 11.6 Å². The molecule has 8 heteroatoms. The van der Waals surface area contributed by atoms with Crippen molar-refractivity contribution in [3.05, 3.63) is 11.8 Å². The van der Waals surface area contributed by atoms with Crippen molar-refractivity contribution in [1.82, 2.24) is 4.98 Å². The lowest BCUT2D eigenvalue weighted by molar-refractivity contribution is -0.275. The molecule has 16 heavy (non-hydrogen) atoms. The van der Waals surface area contributed by atoms with Crippen molar-refractivity contribution in [3.8, 4) is 17.4 Å². The molecule has 0 amide bonds. The molecular formula is C8H7ClF3NO3. The van der Waals surface area contributed by atoms with Gasteiger partial charge in [0.1, 0.15) is 0 Å². The molecule has 0 saturated heterocycles. The lowest BCUT2D eigenvalue weighted by atomic mass is 10.2. The smallest absolute Gasteiger partial charge is 0.501 e. The Kier molecular flexibility index (Phi) is 3.69. The highest BCUT2D eigenvalue weighted by atomic mass is 35.5. The highest BCUT2D eigenvalue weighted by Crippen LogP contribution is 2.40. The molecule has 1 N–H and O–H groups in total. The Balaban J connectivity index is 3.21. The maximum atomic E-state index is 12.0. The van der Waals surface area contributed by atoms with Crippen LogP contribution < -0.4 is 9.47 Å². The van der Waals surface area contributed by atoms with E-state index in [0.29, 0.717) is 0 Å². The number of nitrogens with zero attached hydrogens (tertiary/aromatic N) is 1. The first-order chi connectivity index (χ1) is 7.39. The SMILES string of the molecule is COc1ncc(CCl)c(OC(F)(F)F)c1O. The fraction of sp³-hybridized carbons (Fsp3) is 0.375. The summed E-state index contributed by atoms with van der Waals surface area (Å²) in [5.74, 6) is -2.28. The van der Waals surface area contributed by atoms with Crippen molar-refractivity contribution < 1.29 is 27.8 Å². The fourth-order valence-corrected chi connectivity index (χ4v) is 1.17. The van der Waals surface area contributed by atoms with E-state index in [-0.39, 0.29) is 17.3 Å². The van der Waals surface area contributed by atoms with Gasteiger partial charge < -0.3 is 14.6 Å². The van der Waals surface area contributed by atoms with Gasteiger partial charge in [-0.3, -0.25) is 0 Å². The summed E-state index contributed by atoms with van der Waals surface area (Å²) < 4.78 is 44.3. The second kappa shape index (κ2) is 4.65. The number of rotatable bonds is 3. The van der Waals surface area contributed by atoms with Crippen molar-refractivity contribution in [1.29, 1.82) is 0 Å². The van der Waals surface area contributed by atoms with Gasteiger partial charge in [-0.25, -0.2) is 4.98 Å². The maximum absolute atomic E-state index is 12.0. The Labute approximate surface area is 93.6 Å². The first kappa shape index (κ1) is 12.7. The van der Waals surface area contributed by atoms with Gasteiger partial charge >= 0.3 is 6.36 Å². The standard InChI is InChI=1S/C8H7ClF3NO3/c1-15-7-5(14)6(16-8(10,11)12)4(2-9)3-13-7/h3,14H,2H2,1H3. The number of hydrogen-bond acceptors (Lipinski definition) is 4. The van der Waals surface area contributed by atoms with Crippen LogP contribution in [-0.2, 0) is 5.88 Å². The number of methoxy groups -OCH3 is 1. The van der Waals surface area contributed by atoms with Crippen LogP contribution in [0.1, 0.15) is 5.56 Å². The van der Waals surface area contributed by atoms with Gasteiger partial charge in [-0.05, 0) is 0 Å². The van der Waals surface area contributed by atoms with Gasteiger partial charge in [-0.2, -0.15) is 0 Å². The van der Waals surface area contributed by atoms with E-state index in [1.165, 1.54) is 0 Å². The lowest BCUT2D eigenvalue weighted by Gasteiger charge is -2.14. The van der Waals surface area contributed by atoms with E-state index in [1.54, 1.807) is 0 Å². The predicted molar refractivity (Wildman–Crippen MR) is 48.7 cm³/mol. The average molecular weight is 258 g/mol. The maximum Gasteiger partial charge on any atom is 0.573 e. The molecular weight excluding hydrogens is 251 g/mol. The molecule has 0 bridgehead atoms. The summed E-state index contributed by atoms with van der Waals surface area (Å²) in [5, 5.41) is 9.39. The molecule has 1 heterocycles. The van der Waals surface area contributed by atoms with Crippen LogP contribution in [0.15, 0.2) is 6.20 Å². The largest absolute Gasteiger partial charge is 0.573 e. The van der Waals surface area contributed by atoms with Gasteiger partial charge in [0.05, 0.1) is 13.0 Å². The highest BCUT2D eigenvalue weighted by molar-refractivity contribution is 6.17. The Bertz CT molecular complexity index is 384. The molecule has 1 rings (SSSR count). The molecule has 0 saturated carbocycles. The van der Waals surface area contributed by atoms with Crippen LogP contribution in [-0.4, -0.2) is 23.6 Å². The van der Waals surface area contributed by atoms with Crippen LogP contribution in [0.4, 0.5) is 13.2 Å². The third-order valence-corrected chi connectivity index (χ3v) is 1.89. The van der Waals surface area contributed by atoms with Crippen LogP contribution in [0, 0.1) is 0 Å². The molecule has 0 aliphatic carbocycles. The number of halogens is 4. The number of ether oxygens (including phenoxy) is 2. The molecule has 0 fully saturated rings. The van der Waals surface area contributed by atoms with E-state index < -0.39 is 17.9 Å². The molecule has 0 atom stereocenters. The van der Waals surface area contributed by atoms with E-state index in [4.69, 9.17) is 11.6 Å². The molecule has 0 spiro atoms. The minimum Gasteiger partial charge on any atom is -0.501 e.